The molecular formula is C26H33N3O2. The van der Waals surface area contributed by atoms with E-state index >= 15 is 0 Å². The van der Waals surface area contributed by atoms with E-state index in [2.05, 4.69) is 60.1 Å². The van der Waals surface area contributed by atoms with Crippen molar-refractivity contribution in [1.29, 1.82) is 0 Å². The van der Waals surface area contributed by atoms with Crippen LogP contribution in [-0.4, -0.2) is 28.6 Å². The van der Waals surface area contributed by atoms with Gasteiger partial charge in [0.25, 0.3) is 0 Å². The number of allylic oxidation sites excluding steroid dienone is 1. The van der Waals surface area contributed by atoms with Gasteiger partial charge in [-0.15, -0.1) is 0 Å². The van der Waals surface area contributed by atoms with Crippen LogP contribution in [-0.2, 0) is 17.8 Å². The Morgan fingerprint density at radius 2 is 1.97 bits per heavy atom. The maximum Gasteiger partial charge on any atom is 0.243 e. The fraction of sp³-hybridized carbons (Fsp3) is 0.385. The van der Waals surface area contributed by atoms with Crippen LogP contribution < -0.4 is 10.1 Å². The molecule has 3 aromatic rings. The number of aryl methyl sites for hydroxylation is 3. The molecule has 2 aromatic carbocycles. The van der Waals surface area contributed by atoms with E-state index < -0.39 is 0 Å². The SMILES string of the molecule is C/C=C/C(=O)NCCCCCc1nc2ccccc2n1CCOc1cc(C)ccc1C. The molecule has 5 heteroatoms. The molecule has 3 rings (SSSR count). The van der Waals surface area contributed by atoms with Crippen LogP contribution in [0.2, 0.25) is 0 Å². The summed E-state index contributed by atoms with van der Waals surface area (Å²) in [5.74, 6) is 2.03. The second-order valence-electron chi connectivity index (χ2n) is 7.89. The Morgan fingerprint density at radius 3 is 2.81 bits per heavy atom. The first-order valence-electron chi connectivity index (χ1n) is 11.1. The van der Waals surface area contributed by atoms with E-state index in [1.165, 1.54) is 5.56 Å². The zero-order valence-electron chi connectivity index (χ0n) is 18.9. The number of benzene rings is 2. The molecule has 1 aromatic heterocycles. The van der Waals surface area contributed by atoms with Crippen molar-refractivity contribution in [3.8, 4) is 5.75 Å². The number of hydrogen-bond acceptors (Lipinski definition) is 3. The molecule has 0 aliphatic heterocycles. The molecule has 0 spiro atoms. The van der Waals surface area contributed by atoms with Gasteiger partial charge in [-0.25, -0.2) is 4.98 Å². The highest BCUT2D eigenvalue weighted by molar-refractivity contribution is 5.87. The third-order valence-electron chi connectivity index (χ3n) is 5.34. The summed E-state index contributed by atoms with van der Waals surface area (Å²) in [4.78, 5) is 16.3. The third-order valence-corrected chi connectivity index (χ3v) is 5.34. The lowest BCUT2D eigenvalue weighted by Crippen LogP contribution is -2.22. The topological polar surface area (TPSA) is 56.2 Å². The third kappa shape index (κ3) is 6.45. The summed E-state index contributed by atoms with van der Waals surface area (Å²) in [5.41, 5.74) is 4.54. The van der Waals surface area contributed by atoms with E-state index in [1.54, 1.807) is 12.2 Å². The molecule has 1 heterocycles. The predicted molar refractivity (Wildman–Crippen MR) is 127 cm³/mol. The fourth-order valence-corrected chi connectivity index (χ4v) is 3.68. The molecule has 5 nitrogen and oxygen atoms in total. The molecule has 0 unspecified atom stereocenters. The lowest BCUT2D eigenvalue weighted by Gasteiger charge is -2.13. The molecule has 0 saturated carbocycles. The number of imidazole rings is 1. The number of nitrogens with one attached hydrogen (secondary N) is 1. The summed E-state index contributed by atoms with van der Waals surface area (Å²) >= 11 is 0. The predicted octanol–water partition coefficient (Wildman–Crippen LogP) is 5.14. The Morgan fingerprint density at radius 1 is 1.13 bits per heavy atom. The number of fused-ring (bicyclic) bond motifs is 1. The Bertz CT molecular complexity index is 1040. The summed E-state index contributed by atoms with van der Waals surface area (Å²) < 4.78 is 8.39. The average molecular weight is 420 g/mol. The number of amides is 1. The van der Waals surface area contributed by atoms with Gasteiger partial charge in [0.2, 0.25) is 5.91 Å². The number of aromatic nitrogens is 2. The van der Waals surface area contributed by atoms with Gasteiger partial charge in [0.15, 0.2) is 0 Å². The van der Waals surface area contributed by atoms with Gasteiger partial charge in [-0.1, -0.05) is 36.8 Å². The monoisotopic (exact) mass is 419 g/mol. The molecule has 0 radical (unpaired) electrons. The van der Waals surface area contributed by atoms with Crippen molar-refractivity contribution < 1.29 is 9.53 Å². The highest BCUT2D eigenvalue weighted by atomic mass is 16.5. The van der Waals surface area contributed by atoms with E-state index in [1.807, 2.05) is 13.0 Å². The number of carbonyl (C=O) groups is 1. The van der Waals surface area contributed by atoms with Gasteiger partial charge in [0, 0.05) is 13.0 Å². The highest BCUT2D eigenvalue weighted by Crippen LogP contribution is 2.21. The smallest absolute Gasteiger partial charge is 0.243 e. The van der Waals surface area contributed by atoms with Crippen molar-refractivity contribution in [2.24, 2.45) is 0 Å². The molecular weight excluding hydrogens is 386 g/mol. The van der Waals surface area contributed by atoms with Crippen LogP contribution in [0.3, 0.4) is 0 Å². The van der Waals surface area contributed by atoms with Gasteiger partial charge in [-0.05, 0) is 69.0 Å². The van der Waals surface area contributed by atoms with Gasteiger partial charge < -0.3 is 14.6 Å². The van der Waals surface area contributed by atoms with Crippen LogP contribution in [0.1, 0.15) is 43.1 Å². The Kier molecular flexibility index (Phi) is 8.27. The maximum absolute atomic E-state index is 11.5. The van der Waals surface area contributed by atoms with Crippen molar-refractivity contribution in [2.45, 2.75) is 53.0 Å². The number of rotatable bonds is 11. The van der Waals surface area contributed by atoms with Gasteiger partial charge >= 0.3 is 0 Å². The molecule has 31 heavy (non-hydrogen) atoms. The van der Waals surface area contributed by atoms with Crippen molar-refractivity contribution in [3.63, 3.8) is 0 Å². The van der Waals surface area contributed by atoms with Gasteiger partial charge in [0.1, 0.15) is 18.2 Å². The minimum atomic E-state index is -0.0202. The molecule has 0 saturated heterocycles. The van der Waals surface area contributed by atoms with Crippen LogP contribution in [0.15, 0.2) is 54.6 Å². The lowest BCUT2D eigenvalue weighted by molar-refractivity contribution is -0.116. The highest BCUT2D eigenvalue weighted by Gasteiger charge is 2.11. The number of carbonyl (C=O) groups excluding carboxylic acids is 1. The number of unbranched alkanes of at least 4 members (excludes halogenated alkanes) is 2. The van der Waals surface area contributed by atoms with Crippen molar-refractivity contribution in [1.82, 2.24) is 14.9 Å². The maximum atomic E-state index is 11.5. The van der Waals surface area contributed by atoms with Gasteiger partial charge in [-0.2, -0.15) is 0 Å². The second-order valence-corrected chi connectivity index (χ2v) is 7.89. The van der Waals surface area contributed by atoms with E-state index in [9.17, 15) is 4.79 Å². The zero-order chi connectivity index (χ0) is 22.1. The Hall–Kier alpha value is -3.08. The average Bonchev–Trinajstić information content (AvgIpc) is 3.11. The molecule has 164 valence electrons. The molecule has 0 aliphatic rings. The number of ether oxygens (including phenoxy) is 1. The molecule has 1 N–H and O–H groups in total. The molecule has 0 fully saturated rings. The molecule has 0 aliphatic carbocycles. The number of nitrogens with zero attached hydrogens (tertiary/aromatic N) is 2. The van der Waals surface area contributed by atoms with Crippen LogP contribution in [0.4, 0.5) is 0 Å². The molecule has 0 bridgehead atoms. The largest absolute Gasteiger partial charge is 0.491 e. The molecule has 1 amide bonds. The summed E-state index contributed by atoms with van der Waals surface area (Å²) in [5, 5.41) is 2.90. The fourth-order valence-electron chi connectivity index (χ4n) is 3.68. The van der Waals surface area contributed by atoms with Gasteiger partial charge in [0.05, 0.1) is 17.6 Å². The van der Waals surface area contributed by atoms with Crippen molar-refractivity contribution in [3.05, 3.63) is 71.6 Å². The van der Waals surface area contributed by atoms with Crippen LogP contribution in [0.25, 0.3) is 11.0 Å². The normalized spacial score (nSPS) is 11.3. The van der Waals surface area contributed by atoms with Gasteiger partial charge in [-0.3, -0.25) is 4.79 Å². The van der Waals surface area contributed by atoms with E-state index in [4.69, 9.17) is 9.72 Å². The Labute approximate surface area is 185 Å². The van der Waals surface area contributed by atoms with Crippen LogP contribution in [0.5, 0.6) is 5.75 Å². The molecule has 0 atom stereocenters. The number of hydrogen-bond donors (Lipinski definition) is 1. The van der Waals surface area contributed by atoms with E-state index in [0.717, 1.165) is 60.4 Å². The summed E-state index contributed by atoms with van der Waals surface area (Å²) in [7, 11) is 0. The quantitative estimate of drug-likeness (QED) is 0.346. The first kappa shape index (κ1) is 22.6. The summed E-state index contributed by atoms with van der Waals surface area (Å²) in [6.07, 6.45) is 7.30. The number of para-hydroxylation sites is 2. The standard InChI is InChI=1S/C26H33N3O2/c1-4-10-26(30)27-16-9-5-6-13-25-28-22-11-7-8-12-23(22)29(25)17-18-31-24-19-20(2)14-15-21(24)3/h4,7-8,10-12,14-15,19H,5-6,9,13,16-18H2,1-3H3,(H,27,30)/b10-4+. The lowest BCUT2D eigenvalue weighted by atomic mass is 10.1. The Balaban J connectivity index is 1.57. The van der Waals surface area contributed by atoms with Crippen molar-refractivity contribution >= 4 is 16.9 Å². The first-order valence-corrected chi connectivity index (χ1v) is 11.1. The van der Waals surface area contributed by atoms with Crippen LogP contribution >= 0.6 is 0 Å². The minimum Gasteiger partial charge on any atom is -0.491 e. The minimum absolute atomic E-state index is 0.0202. The van der Waals surface area contributed by atoms with Crippen LogP contribution in [0, 0.1) is 13.8 Å². The first-order chi connectivity index (χ1) is 15.1. The van der Waals surface area contributed by atoms with E-state index in [-0.39, 0.29) is 5.91 Å². The van der Waals surface area contributed by atoms with E-state index in [0.29, 0.717) is 13.2 Å². The zero-order valence-corrected chi connectivity index (χ0v) is 18.9. The summed E-state index contributed by atoms with van der Waals surface area (Å²) in [6, 6.07) is 14.6. The van der Waals surface area contributed by atoms with Crippen molar-refractivity contribution in [2.75, 3.05) is 13.2 Å². The summed E-state index contributed by atoms with van der Waals surface area (Å²) in [6.45, 7) is 8.09. The second kappa shape index (κ2) is 11.3.